The van der Waals surface area contributed by atoms with Crippen LogP contribution in [0.2, 0.25) is 0 Å². The van der Waals surface area contributed by atoms with Crippen LogP contribution in [0.15, 0.2) is 18.2 Å². The minimum Gasteiger partial charge on any atom is -0.166 e. The zero-order chi connectivity index (χ0) is 17.3. The van der Waals surface area contributed by atoms with E-state index in [0.29, 0.717) is 12.8 Å². The van der Waals surface area contributed by atoms with E-state index in [2.05, 4.69) is 0 Å². The minimum absolute atomic E-state index is 0.0968. The van der Waals surface area contributed by atoms with Crippen LogP contribution in [0.1, 0.15) is 63.1 Å². The highest BCUT2D eigenvalue weighted by molar-refractivity contribution is 5.35. The van der Waals surface area contributed by atoms with Gasteiger partial charge in [-0.25, -0.2) is 0 Å². The average Bonchev–Trinajstić information content (AvgIpc) is 2.32. The fourth-order valence-electron chi connectivity index (χ4n) is 2.45. The molecule has 22 heavy (non-hydrogen) atoms. The lowest BCUT2D eigenvalue weighted by molar-refractivity contribution is -0.143. The number of benzene rings is 1. The van der Waals surface area contributed by atoms with Crippen molar-refractivity contribution >= 4 is 0 Å². The Labute approximate surface area is 126 Å². The highest BCUT2D eigenvalue weighted by Gasteiger charge is 2.37. The second-order valence-corrected chi connectivity index (χ2v) is 6.71. The van der Waals surface area contributed by atoms with E-state index in [1.807, 2.05) is 20.8 Å². The first kappa shape index (κ1) is 18.8. The third kappa shape index (κ3) is 5.21. The van der Waals surface area contributed by atoms with Crippen LogP contribution in [0.3, 0.4) is 0 Å². The normalized spacial score (nSPS) is 15.0. The summed E-state index contributed by atoms with van der Waals surface area (Å²) in [4.78, 5) is 0. The molecule has 0 spiro atoms. The second-order valence-electron chi connectivity index (χ2n) is 6.71. The van der Waals surface area contributed by atoms with Crippen molar-refractivity contribution in [2.45, 2.75) is 58.8 Å². The maximum Gasteiger partial charge on any atom is 0.416 e. The highest BCUT2D eigenvalue weighted by Crippen LogP contribution is 2.40. The Bertz CT molecular complexity index is 473. The minimum atomic E-state index is -4.80. The van der Waals surface area contributed by atoms with Crippen molar-refractivity contribution in [2.24, 2.45) is 5.41 Å². The third-order valence-corrected chi connectivity index (χ3v) is 3.43. The molecule has 0 nitrogen and oxygen atoms in total. The molecule has 0 saturated heterocycles. The molecule has 0 aromatic heterocycles. The standard InChI is InChI=1S/C16H20F6/c1-5-10(9-14(2,3)4)11-6-12(15(17,18)19)8-13(7-11)16(20,21)22/h6-8,10H,5,9H2,1-4H3. The van der Waals surface area contributed by atoms with E-state index < -0.39 is 23.5 Å². The maximum atomic E-state index is 12.9. The maximum absolute atomic E-state index is 12.9. The topological polar surface area (TPSA) is 0 Å². The molecular formula is C16H20F6. The second kappa shape index (κ2) is 6.13. The Morgan fingerprint density at radius 3 is 1.50 bits per heavy atom. The Hall–Kier alpha value is -1.20. The summed E-state index contributed by atoms with van der Waals surface area (Å²) in [7, 11) is 0. The summed E-state index contributed by atoms with van der Waals surface area (Å²) < 4.78 is 77.2. The zero-order valence-corrected chi connectivity index (χ0v) is 13.0. The number of halogens is 6. The monoisotopic (exact) mass is 326 g/mol. The van der Waals surface area contributed by atoms with Crippen molar-refractivity contribution < 1.29 is 26.3 Å². The summed E-state index contributed by atoms with van der Waals surface area (Å²) in [5.41, 5.74) is -2.58. The van der Waals surface area contributed by atoms with E-state index >= 15 is 0 Å². The number of hydrogen-bond donors (Lipinski definition) is 0. The van der Waals surface area contributed by atoms with Gasteiger partial charge >= 0.3 is 12.4 Å². The van der Waals surface area contributed by atoms with Crippen LogP contribution in [0, 0.1) is 5.41 Å². The van der Waals surface area contributed by atoms with E-state index in [-0.39, 0.29) is 23.0 Å². The fraction of sp³-hybridized carbons (Fsp3) is 0.625. The van der Waals surface area contributed by atoms with Crippen LogP contribution in [-0.2, 0) is 12.4 Å². The van der Waals surface area contributed by atoms with Gasteiger partial charge in [-0.1, -0.05) is 27.7 Å². The molecule has 0 heterocycles. The smallest absolute Gasteiger partial charge is 0.166 e. The lowest BCUT2D eigenvalue weighted by Gasteiger charge is -2.26. The van der Waals surface area contributed by atoms with Gasteiger partial charge in [-0.2, -0.15) is 26.3 Å². The quantitative estimate of drug-likeness (QED) is 0.545. The van der Waals surface area contributed by atoms with E-state index in [0.717, 1.165) is 12.1 Å². The first-order valence-electron chi connectivity index (χ1n) is 7.03. The van der Waals surface area contributed by atoms with E-state index in [1.165, 1.54) is 0 Å². The van der Waals surface area contributed by atoms with E-state index in [4.69, 9.17) is 0 Å². The molecule has 0 bridgehead atoms. The molecule has 0 fully saturated rings. The molecule has 0 radical (unpaired) electrons. The van der Waals surface area contributed by atoms with E-state index in [9.17, 15) is 26.3 Å². The lowest BCUT2D eigenvalue weighted by atomic mass is 9.79. The van der Waals surface area contributed by atoms with Crippen LogP contribution in [0.4, 0.5) is 26.3 Å². The van der Waals surface area contributed by atoms with E-state index in [1.54, 1.807) is 6.92 Å². The Balaban J connectivity index is 3.39. The summed E-state index contributed by atoms with van der Waals surface area (Å²) in [5, 5.41) is 0. The van der Waals surface area contributed by atoms with Crippen molar-refractivity contribution in [1.29, 1.82) is 0 Å². The summed E-state index contributed by atoms with van der Waals surface area (Å²) >= 11 is 0. The van der Waals surface area contributed by atoms with Gasteiger partial charge in [0.05, 0.1) is 11.1 Å². The Morgan fingerprint density at radius 1 is 0.818 bits per heavy atom. The first-order chi connectivity index (χ1) is 9.74. The predicted octanol–water partition coefficient (Wildman–Crippen LogP) is 6.65. The molecule has 1 unspecified atom stereocenters. The van der Waals surface area contributed by atoms with Gasteiger partial charge in [-0.3, -0.25) is 0 Å². The van der Waals surface area contributed by atoms with Crippen LogP contribution in [-0.4, -0.2) is 0 Å². The van der Waals surface area contributed by atoms with Crippen LogP contribution >= 0.6 is 0 Å². The molecule has 1 rings (SSSR count). The average molecular weight is 326 g/mol. The Kier molecular flexibility index (Phi) is 5.25. The SMILES string of the molecule is CCC(CC(C)(C)C)c1cc(C(F)(F)F)cc(C(F)(F)F)c1. The molecular weight excluding hydrogens is 306 g/mol. The van der Waals surface area contributed by atoms with Gasteiger partial charge in [0.1, 0.15) is 0 Å². The van der Waals surface area contributed by atoms with Gasteiger partial charge in [0, 0.05) is 0 Å². The summed E-state index contributed by atoms with van der Waals surface area (Å²) in [5.74, 6) is -0.344. The van der Waals surface area contributed by atoms with Gasteiger partial charge in [-0.15, -0.1) is 0 Å². The number of hydrogen-bond acceptors (Lipinski definition) is 0. The molecule has 1 atom stereocenters. The molecule has 0 amide bonds. The van der Waals surface area contributed by atoms with Crippen molar-refractivity contribution in [2.75, 3.05) is 0 Å². The molecule has 6 heteroatoms. The summed E-state index contributed by atoms with van der Waals surface area (Å²) in [6.45, 7) is 7.50. The van der Waals surface area contributed by atoms with Gasteiger partial charge in [-0.05, 0) is 47.9 Å². The van der Waals surface area contributed by atoms with Crippen LogP contribution < -0.4 is 0 Å². The largest absolute Gasteiger partial charge is 0.416 e. The number of alkyl halides is 6. The molecule has 0 aliphatic rings. The molecule has 126 valence electrons. The molecule has 0 N–H and O–H groups in total. The molecule has 0 saturated carbocycles. The van der Waals surface area contributed by atoms with Crippen molar-refractivity contribution in [3.8, 4) is 0 Å². The summed E-state index contributed by atoms with van der Waals surface area (Å²) in [6, 6.07) is 1.86. The molecule has 0 aliphatic heterocycles. The van der Waals surface area contributed by atoms with Gasteiger partial charge in [0.2, 0.25) is 0 Å². The molecule has 0 aliphatic carbocycles. The van der Waals surface area contributed by atoms with Crippen molar-refractivity contribution in [1.82, 2.24) is 0 Å². The van der Waals surface area contributed by atoms with Crippen molar-refractivity contribution in [3.63, 3.8) is 0 Å². The fourth-order valence-corrected chi connectivity index (χ4v) is 2.45. The number of rotatable bonds is 3. The van der Waals surface area contributed by atoms with Gasteiger partial charge < -0.3 is 0 Å². The van der Waals surface area contributed by atoms with Crippen LogP contribution in [0.25, 0.3) is 0 Å². The predicted molar refractivity (Wildman–Crippen MR) is 73.6 cm³/mol. The zero-order valence-electron chi connectivity index (χ0n) is 13.0. The Morgan fingerprint density at radius 2 is 1.23 bits per heavy atom. The highest BCUT2D eigenvalue weighted by atomic mass is 19.4. The van der Waals surface area contributed by atoms with Gasteiger partial charge in [0.25, 0.3) is 0 Å². The van der Waals surface area contributed by atoms with Crippen molar-refractivity contribution in [3.05, 3.63) is 34.9 Å². The summed E-state index contributed by atoms with van der Waals surface area (Å²) in [6.07, 6.45) is -8.59. The first-order valence-corrected chi connectivity index (χ1v) is 7.03. The lowest BCUT2D eigenvalue weighted by Crippen LogP contribution is -2.15. The molecule has 1 aromatic carbocycles. The molecule has 1 aromatic rings. The third-order valence-electron chi connectivity index (χ3n) is 3.43. The van der Waals surface area contributed by atoms with Gasteiger partial charge in [0.15, 0.2) is 0 Å². The van der Waals surface area contributed by atoms with Crippen LogP contribution in [0.5, 0.6) is 0 Å².